The van der Waals surface area contributed by atoms with Crippen molar-refractivity contribution in [2.45, 2.75) is 19.3 Å². The minimum Gasteiger partial charge on any atom is -0.477 e. The van der Waals surface area contributed by atoms with Gasteiger partial charge in [0.05, 0.1) is 6.61 Å². The average Bonchev–Trinajstić information content (AvgIpc) is 2.46. The van der Waals surface area contributed by atoms with Crippen LogP contribution in [0.1, 0.15) is 29.8 Å². The normalized spacial score (nSPS) is 11.3. The molecule has 2 rings (SSSR count). The monoisotopic (exact) mass is 336 g/mol. The van der Waals surface area contributed by atoms with E-state index in [1.165, 1.54) is 0 Å². The molecule has 23 heavy (non-hydrogen) atoms. The van der Waals surface area contributed by atoms with Crippen molar-refractivity contribution in [2.75, 3.05) is 17.7 Å². The van der Waals surface area contributed by atoms with E-state index in [-0.39, 0.29) is 23.9 Å². The van der Waals surface area contributed by atoms with Gasteiger partial charge in [-0.3, -0.25) is 0 Å². The number of carbonyl (C=O) groups is 1. The van der Waals surface area contributed by atoms with E-state index in [1.54, 1.807) is 18.2 Å². The molecule has 0 bridgehead atoms. The van der Waals surface area contributed by atoms with Gasteiger partial charge in [0.2, 0.25) is 5.95 Å². The van der Waals surface area contributed by atoms with Crippen molar-refractivity contribution in [1.82, 2.24) is 9.97 Å². The molecule has 0 fully saturated rings. The van der Waals surface area contributed by atoms with Crippen LogP contribution in [0.15, 0.2) is 24.4 Å². The van der Waals surface area contributed by atoms with E-state index >= 15 is 0 Å². The molecule has 1 heterocycles. The quantitative estimate of drug-likeness (QED) is 0.661. The molecule has 0 amide bonds. The second-order valence-corrected chi connectivity index (χ2v) is 6.07. The molecule has 1 aromatic heterocycles. The molecule has 0 aliphatic carbocycles. The Morgan fingerprint density at radius 3 is 2.65 bits per heavy atom. The number of halogens is 1. The molecule has 0 unspecified atom stereocenters. The summed E-state index contributed by atoms with van der Waals surface area (Å²) in [6.07, 6.45) is 1.14. The SMILES string of the molecule is CC(C)(CO)c1ccc(Nc2ncc(C(=O)O)c(N)n2)cc1Cl. The fraction of sp³-hybridized carbons (Fsp3) is 0.267. The van der Waals surface area contributed by atoms with Crippen molar-refractivity contribution >= 4 is 35.0 Å². The van der Waals surface area contributed by atoms with Gasteiger partial charge in [0.15, 0.2) is 0 Å². The lowest BCUT2D eigenvalue weighted by Crippen LogP contribution is -2.22. The summed E-state index contributed by atoms with van der Waals surface area (Å²) in [5.74, 6) is -1.15. The van der Waals surface area contributed by atoms with Gasteiger partial charge >= 0.3 is 5.97 Å². The number of carboxylic acid groups (broad SMARTS) is 1. The summed E-state index contributed by atoms with van der Waals surface area (Å²) in [5, 5.41) is 21.7. The largest absolute Gasteiger partial charge is 0.477 e. The van der Waals surface area contributed by atoms with Gasteiger partial charge in [-0.1, -0.05) is 31.5 Å². The third-order valence-corrected chi connectivity index (χ3v) is 3.71. The lowest BCUT2D eigenvalue weighted by atomic mass is 9.85. The highest BCUT2D eigenvalue weighted by Gasteiger charge is 2.22. The van der Waals surface area contributed by atoms with Crippen molar-refractivity contribution in [2.24, 2.45) is 0 Å². The number of rotatable bonds is 5. The highest BCUT2D eigenvalue weighted by Crippen LogP contribution is 2.32. The number of aromatic nitrogens is 2. The minimum atomic E-state index is -1.19. The molecule has 122 valence electrons. The number of nitrogens with one attached hydrogen (secondary N) is 1. The number of nitrogen functional groups attached to an aromatic ring is 1. The first-order valence-corrected chi connectivity index (χ1v) is 7.16. The molecule has 2 aromatic rings. The van der Waals surface area contributed by atoms with E-state index in [4.69, 9.17) is 22.4 Å². The molecule has 0 aliphatic rings. The van der Waals surface area contributed by atoms with Gasteiger partial charge in [-0.15, -0.1) is 0 Å². The number of nitrogens with two attached hydrogens (primary N) is 1. The van der Waals surface area contributed by atoms with Crippen LogP contribution in [-0.4, -0.2) is 32.8 Å². The molecule has 5 N–H and O–H groups in total. The summed E-state index contributed by atoms with van der Waals surface area (Å²) < 4.78 is 0. The fourth-order valence-corrected chi connectivity index (χ4v) is 2.41. The highest BCUT2D eigenvalue weighted by atomic mass is 35.5. The number of aliphatic hydroxyl groups excluding tert-OH is 1. The van der Waals surface area contributed by atoms with Gasteiger partial charge in [-0.05, 0) is 17.7 Å². The Morgan fingerprint density at radius 1 is 1.43 bits per heavy atom. The summed E-state index contributed by atoms with van der Waals surface area (Å²) in [6.45, 7) is 3.74. The number of carboxylic acids is 1. The van der Waals surface area contributed by atoms with Gasteiger partial charge in [0.25, 0.3) is 0 Å². The third kappa shape index (κ3) is 3.69. The predicted molar refractivity (Wildman–Crippen MR) is 88.3 cm³/mol. The molecule has 0 saturated carbocycles. The van der Waals surface area contributed by atoms with E-state index < -0.39 is 11.4 Å². The van der Waals surface area contributed by atoms with Gasteiger partial charge in [-0.25, -0.2) is 9.78 Å². The second-order valence-electron chi connectivity index (χ2n) is 5.66. The lowest BCUT2D eigenvalue weighted by molar-refractivity contribution is 0.0697. The summed E-state index contributed by atoms with van der Waals surface area (Å²) in [6, 6.07) is 5.25. The zero-order valence-corrected chi connectivity index (χ0v) is 13.4. The Hall–Kier alpha value is -2.38. The molecule has 0 saturated heterocycles. The third-order valence-electron chi connectivity index (χ3n) is 3.40. The zero-order chi connectivity index (χ0) is 17.2. The Kier molecular flexibility index (Phi) is 4.72. The Morgan fingerprint density at radius 2 is 2.13 bits per heavy atom. The van der Waals surface area contributed by atoms with Crippen LogP contribution in [0, 0.1) is 0 Å². The maximum atomic E-state index is 10.9. The zero-order valence-electron chi connectivity index (χ0n) is 12.7. The highest BCUT2D eigenvalue weighted by molar-refractivity contribution is 6.31. The first-order chi connectivity index (χ1) is 10.7. The van der Waals surface area contributed by atoms with Crippen molar-refractivity contribution < 1.29 is 15.0 Å². The number of hydrogen-bond acceptors (Lipinski definition) is 6. The van der Waals surface area contributed by atoms with E-state index in [9.17, 15) is 9.90 Å². The maximum absolute atomic E-state index is 10.9. The number of aliphatic hydroxyl groups is 1. The van der Waals surface area contributed by atoms with Crippen LogP contribution >= 0.6 is 11.6 Å². The predicted octanol–water partition coefficient (Wildman–Crippen LogP) is 2.42. The van der Waals surface area contributed by atoms with Crippen LogP contribution in [0.4, 0.5) is 17.5 Å². The first kappa shape index (κ1) is 17.0. The average molecular weight is 337 g/mol. The number of nitrogens with zero attached hydrogens (tertiary/aromatic N) is 2. The molecule has 0 aliphatic heterocycles. The number of benzene rings is 1. The number of aromatic carboxylic acids is 1. The van der Waals surface area contributed by atoms with Crippen molar-refractivity contribution in [3.63, 3.8) is 0 Å². The maximum Gasteiger partial charge on any atom is 0.341 e. The van der Waals surface area contributed by atoms with Crippen LogP contribution in [0.5, 0.6) is 0 Å². The van der Waals surface area contributed by atoms with Crippen molar-refractivity contribution in [1.29, 1.82) is 0 Å². The van der Waals surface area contributed by atoms with E-state index in [1.807, 2.05) is 13.8 Å². The standard InChI is InChI=1S/C15H17ClN4O3/c1-15(2,7-21)10-4-3-8(5-11(10)16)19-14-18-6-9(13(22)23)12(17)20-14/h3-6,21H,7H2,1-2H3,(H,22,23)(H3,17,18,19,20). The van der Waals surface area contributed by atoms with E-state index in [0.29, 0.717) is 10.7 Å². The Balaban J connectivity index is 2.26. The topological polar surface area (TPSA) is 121 Å². The van der Waals surface area contributed by atoms with Gasteiger partial charge in [0.1, 0.15) is 11.4 Å². The minimum absolute atomic E-state index is 0.0320. The van der Waals surface area contributed by atoms with E-state index in [0.717, 1.165) is 11.8 Å². The number of anilines is 3. The van der Waals surface area contributed by atoms with Crippen LogP contribution < -0.4 is 11.1 Å². The molecule has 0 atom stereocenters. The Bertz CT molecular complexity index is 749. The van der Waals surface area contributed by atoms with Gasteiger partial charge in [0, 0.05) is 22.3 Å². The molecule has 0 spiro atoms. The molecule has 0 radical (unpaired) electrons. The molecular formula is C15H17ClN4O3. The van der Waals surface area contributed by atoms with Gasteiger partial charge in [-0.2, -0.15) is 4.98 Å². The van der Waals surface area contributed by atoms with Crippen molar-refractivity contribution in [3.05, 3.63) is 40.5 Å². The summed E-state index contributed by atoms with van der Waals surface area (Å²) >= 11 is 6.26. The Labute approximate surface area is 138 Å². The second kappa shape index (κ2) is 6.39. The van der Waals surface area contributed by atoms with E-state index in [2.05, 4.69) is 15.3 Å². The summed E-state index contributed by atoms with van der Waals surface area (Å²) in [7, 11) is 0. The summed E-state index contributed by atoms with van der Waals surface area (Å²) in [4.78, 5) is 18.7. The van der Waals surface area contributed by atoms with Gasteiger partial charge < -0.3 is 21.3 Å². The molecule has 8 heteroatoms. The molecular weight excluding hydrogens is 320 g/mol. The summed E-state index contributed by atoms with van der Waals surface area (Å²) in [5.41, 5.74) is 6.40. The fourth-order valence-electron chi connectivity index (χ4n) is 1.98. The lowest BCUT2D eigenvalue weighted by Gasteiger charge is -2.24. The van der Waals surface area contributed by atoms with Crippen LogP contribution in [0.25, 0.3) is 0 Å². The molecule has 1 aromatic carbocycles. The molecule has 7 nitrogen and oxygen atoms in total. The number of hydrogen-bond donors (Lipinski definition) is 4. The van der Waals surface area contributed by atoms with Crippen molar-refractivity contribution in [3.8, 4) is 0 Å². The van der Waals surface area contributed by atoms with Crippen LogP contribution in [-0.2, 0) is 5.41 Å². The van der Waals surface area contributed by atoms with Crippen LogP contribution in [0.3, 0.4) is 0 Å². The smallest absolute Gasteiger partial charge is 0.341 e. The van der Waals surface area contributed by atoms with Crippen LogP contribution in [0.2, 0.25) is 5.02 Å². The first-order valence-electron chi connectivity index (χ1n) is 6.78.